The maximum Gasteiger partial charge on any atom is 0.250 e. The van der Waals surface area contributed by atoms with Crippen LogP contribution >= 0.6 is 11.6 Å². The standard InChI is InChI=1S/C24H24ClN3O2/c1-4-21(29)28-13-12-24(15-28,23-16(2)6-5-7-19(23)25)26-18-10-8-17-9-11-22(30)27(3)20(17)14-18/h4-11,14,26H,1,12-13,15H2,2-3H3/t24-/m1/s1. The van der Waals surface area contributed by atoms with Gasteiger partial charge < -0.3 is 14.8 Å². The van der Waals surface area contributed by atoms with Gasteiger partial charge in [-0.1, -0.05) is 36.4 Å². The van der Waals surface area contributed by atoms with Gasteiger partial charge in [0.2, 0.25) is 5.91 Å². The zero-order valence-corrected chi connectivity index (χ0v) is 17.9. The number of carbonyl (C=O) groups excluding carboxylic acids is 1. The minimum absolute atomic E-state index is 0.0556. The predicted octanol–water partition coefficient (Wildman–Crippen LogP) is 4.23. The average Bonchev–Trinajstić information content (AvgIpc) is 3.15. The highest BCUT2D eigenvalue weighted by atomic mass is 35.5. The Morgan fingerprint density at radius 1 is 1.23 bits per heavy atom. The Morgan fingerprint density at radius 3 is 2.73 bits per heavy atom. The van der Waals surface area contributed by atoms with E-state index in [2.05, 4.69) is 11.9 Å². The third kappa shape index (κ3) is 3.39. The first kappa shape index (κ1) is 20.2. The molecule has 0 bridgehead atoms. The maximum atomic E-state index is 12.3. The zero-order chi connectivity index (χ0) is 21.5. The Bertz CT molecular complexity index is 1200. The van der Waals surface area contributed by atoms with Crippen molar-refractivity contribution in [1.82, 2.24) is 9.47 Å². The SMILES string of the molecule is C=CC(=O)N1CC[C@](Nc2ccc3ccc(=O)n(C)c3c2)(c2c(C)cccc2Cl)C1. The normalized spacial score (nSPS) is 18.6. The van der Waals surface area contributed by atoms with Gasteiger partial charge in [-0.2, -0.15) is 0 Å². The molecular formula is C24H24ClN3O2. The minimum Gasteiger partial charge on any atom is -0.374 e. The summed E-state index contributed by atoms with van der Waals surface area (Å²) >= 11 is 6.66. The Hall–Kier alpha value is -3.05. The first-order valence-electron chi connectivity index (χ1n) is 9.89. The smallest absolute Gasteiger partial charge is 0.250 e. The van der Waals surface area contributed by atoms with Crippen LogP contribution in [0.25, 0.3) is 10.9 Å². The molecule has 0 spiro atoms. The number of carbonyl (C=O) groups is 1. The van der Waals surface area contributed by atoms with Gasteiger partial charge in [0.1, 0.15) is 0 Å². The maximum absolute atomic E-state index is 12.3. The van der Waals surface area contributed by atoms with Gasteiger partial charge in [0.15, 0.2) is 0 Å². The number of anilines is 1. The van der Waals surface area contributed by atoms with E-state index in [0.29, 0.717) is 24.5 Å². The van der Waals surface area contributed by atoms with Gasteiger partial charge in [-0.15, -0.1) is 0 Å². The summed E-state index contributed by atoms with van der Waals surface area (Å²) in [4.78, 5) is 26.2. The van der Waals surface area contributed by atoms with E-state index in [9.17, 15) is 9.59 Å². The van der Waals surface area contributed by atoms with E-state index in [0.717, 1.165) is 27.7 Å². The molecule has 1 N–H and O–H groups in total. The highest BCUT2D eigenvalue weighted by Gasteiger charge is 2.43. The number of halogens is 1. The largest absolute Gasteiger partial charge is 0.374 e. The van der Waals surface area contributed by atoms with Crippen molar-refractivity contribution in [2.24, 2.45) is 7.05 Å². The predicted molar refractivity (Wildman–Crippen MR) is 122 cm³/mol. The van der Waals surface area contributed by atoms with Crippen LogP contribution in [0.15, 0.2) is 66.0 Å². The summed E-state index contributed by atoms with van der Waals surface area (Å²) < 4.78 is 1.64. The fraction of sp³-hybridized carbons (Fsp3) is 0.250. The van der Waals surface area contributed by atoms with Crippen LogP contribution < -0.4 is 10.9 Å². The number of rotatable bonds is 4. The fourth-order valence-electron chi connectivity index (χ4n) is 4.45. The summed E-state index contributed by atoms with van der Waals surface area (Å²) in [5.41, 5.74) is 3.18. The van der Waals surface area contributed by atoms with Crippen LogP contribution in [0.1, 0.15) is 17.5 Å². The molecule has 1 atom stereocenters. The number of aryl methyl sites for hydroxylation is 2. The number of benzene rings is 2. The van der Waals surface area contributed by atoms with Crippen LogP contribution in [0.5, 0.6) is 0 Å². The third-order valence-corrected chi connectivity index (χ3v) is 6.28. The van der Waals surface area contributed by atoms with Crippen LogP contribution in [0, 0.1) is 6.92 Å². The third-order valence-electron chi connectivity index (χ3n) is 5.97. The lowest BCUT2D eigenvalue weighted by Gasteiger charge is -2.34. The highest BCUT2D eigenvalue weighted by molar-refractivity contribution is 6.31. The number of nitrogens with one attached hydrogen (secondary N) is 1. The summed E-state index contributed by atoms with van der Waals surface area (Å²) in [6, 6.07) is 15.2. The van der Waals surface area contributed by atoms with Crippen molar-refractivity contribution in [3.05, 3.63) is 87.7 Å². The molecule has 2 aromatic carbocycles. The van der Waals surface area contributed by atoms with Gasteiger partial charge in [-0.05, 0) is 54.6 Å². The number of hydrogen-bond acceptors (Lipinski definition) is 3. The average molecular weight is 422 g/mol. The van der Waals surface area contributed by atoms with Crippen molar-refractivity contribution in [2.45, 2.75) is 18.9 Å². The number of amides is 1. The Labute approximate surface area is 180 Å². The van der Waals surface area contributed by atoms with Crippen molar-refractivity contribution >= 4 is 34.1 Å². The van der Waals surface area contributed by atoms with Crippen molar-refractivity contribution in [1.29, 1.82) is 0 Å². The molecule has 1 saturated heterocycles. The molecule has 0 unspecified atom stereocenters. The number of pyridine rings is 1. The molecule has 1 aliphatic rings. The van der Waals surface area contributed by atoms with E-state index in [-0.39, 0.29) is 11.5 Å². The van der Waals surface area contributed by atoms with Crippen LogP contribution in [0.3, 0.4) is 0 Å². The second kappa shape index (κ2) is 7.65. The molecule has 4 rings (SSSR count). The molecule has 2 heterocycles. The quantitative estimate of drug-likeness (QED) is 0.641. The number of hydrogen-bond donors (Lipinski definition) is 1. The zero-order valence-electron chi connectivity index (χ0n) is 17.1. The lowest BCUT2D eigenvalue weighted by atomic mass is 9.85. The van der Waals surface area contributed by atoms with E-state index in [1.54, 1.807) is 22.6 Å². The molecule has 30 heavy (non-hydrogen) atoms. The second-order valence-corrected chi connectivity index (χ2v) is 8.26. The molecule has 3 aromatic rings. The molecule has 6 heteroatoms. The molecule has 1 aromatic heterocycles. The topological polar surface area (TPSA) is 54.3 Å². The number of likely N-dealkylation sites (tertiary alicyclic amines) is 1. The van der Waals surface area contributed by atoms with Gasteiger partial charge in [0, 0.05) is 42.5 Å². The van der Waals surface area contributed by atoms with Crippen LogP contribution in [0.2, 0.25) is 5.02 Å². The lowest BCUT2D eigenvalue weighted by molar-refractivity contribution is -0.125. The van der Waals surface area contributed by atoms with E-state index in [1.807, 2.05) is 49.4 Å². The van der Waals surface area contributed by atoms with Gasteiger partial charge in [0.25, 0.3) is 5.56 Å². The van der Waals surface area contributed by atoms with Gasteiger partial charge in [-0.25, -0.2) is 0 Å². The minimum atomic E-state index is -0.539. The van der Waals surface area contributed by atoms with E-state index < -0.39 is 5.54 Å². The number of aromatic nitrogens is 1. The first-order chi connectivity index (χ1) is 14.3. The fourth-order valence-corrected chi connectivity index (χ4v) is 4.86. The van der Waals surface area contributed by atoms with Gasteiger partial charge in [0.05, 0.1) is 11.1 Å². The van der Waals surface area contributed by atoms with Crippen molar-refractivity contribution in [3.63, 3.8) is 0 Å². The summed E-state index contributed by atoms with van der Waals surface area (Å²) in [5, 5.41) is 5.33. The van der Waals surface area contributed by atoms with Crippen LogP contribution in [-0.4, -0.2) is 28.5 Å². The first-order valence-corrected chi connectivity index (χ1v) is 10.3. The molecule has 5 nitrogen and oxygen atoms in total. The van der Waals surface area contributed by atoms with Crippen molar-refractivity contribution < 1.29 is 4.79 Å². The Morgan fingerprint density at radius 2 is 2.00 bits per heavy atom. The van der Waals surface area contributed by atoms with Crippen LogP contribution in [0.4, 0.5) is 5.69 Å². The summed E-state index contributed by atoms with van der Waals surface area (Å²) in [5.74, 6) is -0.0933. The summed E-state index contributed by atoms with van der Waals surface area (Å²) in [6.07, 6.45) is 2.06. The Kier molecular flexibility index (Phi) is 5.16. The number of nitrogens with zero attached hydrogens (tertiary/aromatic N) is 2. The highest BCUT2D eigenvalue weighted by Crippen LogP contribution is 2.41. The molecule has 154 valence electrons. The van der Waals surface area contributed by atoms with Crippen molar-refractivity contribution in [3.8, 4) is 0 Å². The lowest BCUT2D eigenvalue weighted by Crippen LogP contribution is -2.40. The second-order valence-electron chi connectivity index (χ2n) is 7.86. The van der Waals surface area contributed by atoms with E-state index in [1.165, 1.54) is 6.08 Å². The van der Waals surface area contributed by atoms with E-state index in [4.69, 9.17) is 11.6 Å². The van der Waals surface area contributed by atoms with Gasteiger partial charge >= 0.3 is 0 Å². The van der Waals surface area contributed by atoms with Crippen molar-refractivity contribution in [2.75, 3.05) is 18.4 Å². The summed E-state index contributed by atoms with van der Waals surface area (Å²) in [6.45, 7) is 6.75. The molecular weight excluding hydrogens is 398 g/mol. The molecule has 1 fully saturated rings. The molecule has 1 aliphatic heterocycles. The molecule has 1 amide bonds. The molecule has 0 radical (unpaired) electrons. The van der Waals surface area contributed by atoms with Gasteiger partial charge in [-0.3, -0.25) is 9.59 Å². The van der Waals surface area contributed by atoms with E-state index >= 15 is 0 Å². The number of fused-ring (bicyclic) bond motifs is 1. The molecule has 0 aliphatic carbocycles. The Balaban J connectivity index is 1.83. The molecule has 0 saturated carbocycles. The summed E-state index contributed by atoms with van der Waals surface area (Å²) in [7, 11) is 1.77. The monoisotopic (exact) mass is 421 g/mol. The van der Waals surface area contributed by atoms with Crippen LogP contribution in [-0.2, 0) is 17.4 Å².